The van der Waals surface area contributed by atoms with Crippen molar-refractivity contribution >= 4 is 7.85 Å². The Morgan fingerprint density at radius 1 is 0.750 bits per heavy atom. The van der Waals surface area contributed by atoms with Crippen molar-refractivity contribution in [2.75, 3.05) is 0 Å². The van der Waals surface area contributed by atoms with E-state index in [1.54, 1.807) is 0 Å². The van der Waals surface area contributed by atoms with Gasteiger partial charge >= 0.3 is 0 Å². The molecule has 2 N–H and O–H groups in total. The van der Waals surface area contributed by atoms with Crippen molar-refractivity contribution in [3.05, 3.63) is 0 Å². The summed E-state index contributed by atoms with van der Waals surface area (Å²) in [5.41, 5.74) is 6.30. The summed E-state index contributed by atoms with van der Waals surface area (Å²) in [5.74, 6) is 0. The molecule has 0 radical (unpaired) electrons. The molecular weight excluding hydrogens is 145 g/mol. The standard InChI is InChI=1S/C10H22BN/c11-10(12)8-6-4-2-1-3-5-7-9-10/h1-9,11-12H2. The van der Waals surface area contributed by atoms with Gasteiger partial charge in [0.2, 0.25) is 0 Å². The molecule has 0 aliphatic heterocycles. The van der Waals surface area contributed by atoms with Crippen LogP contribution in [-0.4, -0.2) is 13.3 Å². The largest absolute Gasteiger partial charge is 0.332 e. The van der Waals surface area contributed by atoms with E-state index < -0.39 is 0 Å². The third kappa shape index (κ3) is 4.15. The van der Waals surface area contributed by atoms with Crippen LogP contribution < -0.4 is 5.73 Å². The lowest BCUT2D eigenvalue weighted by molar-refractivity contribution is 0.425. The minimum absolute atomic E-state index is 0.136. The Hall–Kier alpha value is 0.0249. The molecule has 0 atom stereocenters. The molecule has 1 nitrogen and oxygen atoms in total. The lowest BCUT2D eigenvalue weighted by Crippen LogP contribution is -2.40. The second-order valence-corrected chi connectivity index (χ2v) is 4.63. The maximum absolute atomic E-state index is 6.17. The van der Waals surface area contributed by atoms with Gasteiger partial charge < -0.3 is 5.73 Å². The molecule has 0 bridgehead atoms. The molecule has 1 rings (SSSR count). The van der Waals surface area contributed by atoms with Crippen LogP contribution in [-0.2, 0) is 0 Å². The highest BCUT2D eigenvalue weighted by Crippen LogP contribution is 2.20. The van der Waals surface area contributed by atoms with E-state index in [4.69, 9.17) is 5.73 Å². The fraction of sp³-hybridized carbons (Fsp3) is 1.00. The molecule has 0 unspecified atom stereocenters. The average Bonchev–Trinajstić information content (AvgIpc) is 2.02. The van der Waals surface area contributed by atoms with Crippen LogP contribution in [0.1, 0.15) is 57.8 Å². The molecule has 0 heterocycles. The summed E-state index contributed by atoms with van der Waals surface area (Å²) in [4.78, 5) is 0. The van der Waals surface area contributed by atoms with Gasteiger partial charge in [0, 0.05) is 0 Å². The highest BCUT2D eigenvalue weighted by atomic mass is 14.7. The van der Waals surface area contributed by atoms with E-state index in [0.717, 1.165) is 0 Å². The first-order valence-electron chi connectivity index (χ1n) is 5.50. The fourth-order valence-electron chi connectivity index (χ4n) is 2.07. The zero-order chi connectivity index (χ0) is 8.86. The van der Waals surface area contributed by atoms with E-state index in [-0.39, 0.29) is 5.44 Å². The summed E-state index contributed by atoms with van der Waals surface area (Å²) >= 11 is 0. The number of hydrogen-bond acceptors (Lipinski definition) is 1. The van der Waals surface area contributed by atoms with Gasteiger partial charge in [0.05, 0.1) is 0 Å². The van der Waals surface area contributed by atoms with Crippen LogP contribution >= 0.6 is 0 Å². The fourth-order valence-corrected chi connectivity index (χ4v) is 2.07. The zero-order valence-corrected chi connectivity index (χ0v) is 8.44. The molecule has 2 heteroatoms. The predicted octanol–water partition coefficient (Wildman–Crippen LogP) is 1.80. The highest BCUT2D eigenvalue weighted by Gasteiger charge is 2.17. The van der Waals surface area contributed by atoms with Gasteiger partial charge in [0.15, 0.2) is 0 Å². The molecule has 0 aromatic heterocycles. The van der Waals surface area contributed by atoms with Crippen LogP contribution in [0.5, 0.6) is 0 Å². The van der Waals surface area contributed by atoms with Crippen molar-refractivity contribution in [1.82, 2.24) is 0 Å². The Morgan fingerprint density at radius 2 is 1.08 bits per heavy atom. The van der Waals surface area contributed by atoms with Gasteiger partial charge in [-0.3, -0.25) is 0 Å². The van der Waals surface area contributed by atoms with Crippen LogP contribution in [0.4, 0.5) is 0 Å². The van der Waals surface area contributed by atoms with Gasteiger partial charge in [-0.15, -0.1) is 0 Å². The summed E-state index contributed by atoms with van der Waals surface area (Å²) in [6.45, 7) is 0. The first-order valence-corrected chi connectivity index (χ1v) is 5.50. The second-order valence-electron chi connectivity index (χ2n) is 4.63. The van der Waals surface area contributed by atoms with Gasteiger partial charge in [-0.2, -0.15) is 0 Å². The van der Waals surface area contributed by atoms with Gasteiger partial charge in [-0.05, 0) is 18.3 Å². The Bertz CT molecular complexity index is 111. The SMILES string of the molecule is BC1(N)CCCCCCCCC1. The highest BCUT2D eigenvalue weighted by molar-refractivity contribution is 6.15. The minimum atomic E-state index is 0.136. The van der Waals surface area contributed by atoms with Gasteiger partial charge in [-0.1, -0.05) is 44.9 Å². The maximum atomic E-state index is 6.17. The monoisotopic (exact) mass is 167 g/mol. The quantitative estimate of drug-likeness (QED) is 0.547. The second kappa shape index (κ2) is 4.91. The molecule has 0 aromatic rings. The van der Waals surface area contributed by atoms with Crippen molar-refractivity contribution in [2.45, 2.75) is 63.2 Å². The van der Waals surface area contributed by atoms with Crippen LogP contribution in [0, 0.1) is 0 Å². The molecule has 12 heavy (non-hydrogen) atoms. The summed E-state index contributed by atoms with van der Waals surface area (Å²) in [5, 5.41) is 0. The van der Waals surface area contributed by atoms with Crippen LogP contribution in [0.3, 0.4) is 0 Å². The van der Waals surface area contributed by atoms with E-state index >= 15 is 0 Å². The van der Waals surface area contributed by atoms with E-state index in [9.17, 15) is 0 Å². The number of hydrogen-bond donors (Lipinski definition) is 1. The van der Waals surface area contributed by atoms with E-state index in [1.807, 2.05) is 0 Å². The van der Waals surface area contributed by atoms with Crippen molar-refractivity contribution in [1.29, 1.82) is 0 Å². The van der Waals surface area contributed by atoms with Crippen LogP contribution in [0.25, 0.3) is 0 Å². The Morgan fingerprint density at radius 3 is 1.50 bits per heavy atom. The third-order valence-electron chi connectivity index (χ3n) is 3.00. The molecule has 0 spiro atoms. The Labute approximate surface area is 77.5 Å². The van der Waals surface area contributed by atoms with Gasteiger partial charge in [0.25, 0.3) is 0 Å². The third-order valence-corrected chi connectivity index (χ3v) is 3.00. The summed E-state index contributed by atoms with van der Waals surface area (Å²) in [6, 6.07) is 0. The molecule has 1 aliphatic carbocycles. The minimum Gasteiger partial charge on any atom is -0.332 e. The first-order chi connectivity index (χ1) is 5.71. The number of rotatable bonds is 0. The smallest absolute Gasteiger partial charge is 0.127 e. The molecule has 1 fully saturated rings. The van der Waals surface area contributed by atoms with E-state index in [1.165, 1.54) is 57.8 Å². The lowest BCUT2D eigenvalue weighted by Gasteiger charge is -2.25. The summed E-state index contributed by atoms with van der Waals surface area (Å²) in [7, 11) is 2.22. The van der Waals surface area contributed by atoms with Crippen LogP contribution in [0.15, 0.2) is 0 Å². The summed E-state index contributed by atoms with van der Waals surface area (Å²) < 4.78 is 0. The van der Waals surface area contributed by atoms with E-state index in [2.05, 4.69) is 7.85 Å². The molecule has 0 aromatic carbocycles. The van der Waals surface area contributed by atoms with Crippen molar-refractivity contribution in [3.8, 4) is 0 Å². The van der Waals surface area contributed by atoms with Crippen LogP contribution in [0.2, 0.25) is 0 Å². The zero-order valence-electron chi connectivity index (χ0n) is 8.44. The average molecular weight is 167 g/mol. The van der Waals surface area contributed by atoms with E-state index in [0.29, 0.717) is 0 Å². The molecular formula is C10H22BN. The molecule has 0 amide bonds. The summed E-state index contributed by atoms with van der Waals surface area (Å²) in [6.07, 6.45) is 12.2. The number of nitrogens with two attached hydrogens (primary N) is 1. The van der Waals surface area contributed by atoms with Gasteiger partial charge in [-0.25, -0.2) is 0 Å². The van der Waals surface area contributed by atoms with Crippen molar-refractivity contribution in [3.63, 3.8) is 0 Å². The molecule has 0 saturated heterocycles. The predicted molar refractivity (Wildman–Crippen MR) is 57.0 cm³/mol. The first kappa shape index (κ1) is 10.1. The molecule has 1 saturated carbocycles. The molecule has 1 aliphatic rings. The maximum Gasteiger partial charge on any atom is 0.127 e. The Balaban J connectivity index is 2.27. The topological polar surface area (TPSA) is 26.0 Å². The Kier molecular flexibility index (Phi) is 4.13. The van der Waals surface area contributed by atoms with Crippen molar-refractivity contribution < 1.29 is 0 Å². The van der Waals surface area contributed by atoms with Crippen molar-refractivity contribution in [2.24, 2.45) is 5.73 Å². The normalized spacial score (nSPS) is 26.4. The van der Waals surface area contributed by atoms with Gasteiger partial charge in [0.1, 0.15) is 7.85 Å². The molecule has 70 valence electrons. The lowest BCUT2D eigenvalue weighted by atomic mass is 9.71.